The van der Waals surface area contributed by atoms with Crippen molar-refractivity contribution in [3.63, 3.8) is 0 Å². The van der Waals surface area contributed by atoms with E-state index in [9.17, 15) is 4.79 Å². The second-order valence-corrected chi connectivity index (χ2v) is 4.20. The Hall–Kier alpha value is -2.55. The van der Waals surface area contributed by atoms with E-state index >= 15 is 0 Å². The Morgan fingerprint density at radius 3 is 2.10 bits per heavy atom. The van der Waals surface area contributed by atoms with Crippen molar-refractivity contribution in [3.8, 4) is 11.5 Å². The van der Waals surface area contributed by atoms with Gasteiger partial charge in [-0.05, 0) is 11.6 Å². The number of carbonyl (C=O) groups is 1. The third kappa shape index (κ3) is 3.06. The van der Waals surface area contributed by atoms with Crippen molar-refractivity contribution in [2.24, 2.45) is 0 Å². The molecular formula is C17H16O3. The van der Waals surface area contributed by atoms with Crippen LogP contribution in [0.25, 0.3) is 12.2 Å². The average Bonchev–Trinajstić information content (AvgIpc) is 2.52. The van der Waals surface area contributed by atoms with Crippen LogP contribution >= 0.6 is 0 Å². The molecule has 0 heterocycles. The molecule has 2 aromatic carbocycles. The van der Waals surface area contributed by atoms with Crippen LogP contribution in [-0.4, -0.2) is 20.5 Å². The normalized spacial score (nSPS) is 10.5. The summed E-state index contributed by atoms with van der Waals surface area (Å²) in [4.78, 5) is 11.1. The number of rotatable bonds is 5. The van der Waals surface area contributed by atoms with Gasteiger partial charge in [0.1, 0.15) is 11.5 Å². The van der Waals surface area contributed by atoms with Gasteiger partial charge in [0, 0.05) is 11.6 Å². The number of hydrogen-bond donors (Lipinski definition) is 0. The van der Waals surface area contributed by atoms with Gasteiger partial charge in [0.2, 0.25) is 0 Å². The molecule has 0 bridgehead atoms. The Kier molecular flexibility index (Phi) is 4.56. The van der Waals surface area contributed by atoms with Crippen molar-refractivity contribution in [2.75, 3.05) is 14.2 Å². The Labute approximate surface area is 118 Å². The summed E-state index contributed by atoms with van der Waals surface area (Å²) in [5.41, 5.74) is 2.42. The standard InChI is InChI=1S/C17H16O3/c1-19-16-11-17(20-2)15(12-18)10-14(16)9-8-13-6-4-3-5-7-13/h3-12H,1-2H3/b9-8+. The molecule has 0 spiro atoms. The summed E-state index contributed by atoms with van der Waals surface area (Å²) in [7, 11) is 3.12. The zero-order valence-corrected chi connectivity index (χ0v) is 11.5. The Morgan fingerprint density at radius 1 is 0.850 bits per heavy atom. The second-order valence-electron chi connectivity index (χ2n) is 4.20. The second kappa shape index (κ2) is 6.57. The molecular weight excluding hydrogens is 252 g/mol. The van der Waals surface area contributed by atoms with Gasteiger partial charge in [0.05, 0.1) is 19.8 Å². The van der Waals surface area contributed by atoms with E-state index in [1.807, 2.05) is 42.5 Å². The van der Waals surface area contributed by atoms with E-state index in [0.717, 1.165) is 17.4 Å². The van der Waals surface area contributed by atoms with Crippen LogP contribution in [0.3, 0.4) is 0 Å². The van der Waals surface area contributed by atoms with Crippen molar-refractivity contribution in [1.29, 1.82) is 0 Å². The Bertz CT molecular complexity index is 616. The molecule has 0 fully saturated rings. The first-order valence-corrected chi connectivity index (χ1v) is 6.23. The maximum Gasteiger partial charge on any atom is 0.153 e. The topological polar surface area (TPSA) is 35.5 Å². The molecule has 2 aromatic rings. The zero-order chi connectivity index (χ0) is 14.4. The van der Waals surface area contributed by atoms with Crippen LogP contribution < -0.4 is 9.47 Å². The lowest BCUT2D eigenvalue weighted by molar-refractivity contribution is 0.112. The SMILES string of the molecule is COc1cc(OC)c(/C=C/c2ccccc2)cc1C=O. The molecule has 0 radical (unpaired) electrons. The summed E-state index contributed by atoms with van der Waals surface area (Å²) in [5.74, 6) is 1.17. The van der Waals surface area contributed by atoms with Crippen LogP contribution in [0.5, 0.6) is 11.5 Å². The average molecular weight is 268 g/mol. The van der Waals surface area contributed by atoms with Gasteiger partial charge < -0.3 is 9.47 Å². The van der Waals surface area contributed by atoms with Crippen LogP contribution in [0, 0.1) is 0 Å². The van der Waals surface area contributed by atoms with E-state index in [1.165, 1.54) is 7.11 Å². The maximum absolute atomic E-state index is 11.1. The van der Waals surface area contributed by atoms with Gasteiger partial charge in [-0.2, -0.15) is 0 Å². The molecule has 0 amide bonds. The molecule has 0 atom stereocenters. The molecule has 3 nitrogen and oxygen atoms in total. The summed E-state index contributed by atoms with van der Waals surface area (Å²) in [6.07, 6.45) is 4.66. The largest absolute Gasteiger partial charge is 0.496 e. The van der Waals surface area contributed by atoms with Crippen LogP contribution in [0.1, 0.15) is 21.5 Å². The summed E-state index contributed by atoms with van der Waals surface area (Å²) in [6, 6.07) is 13.4. The number of carbonyl (C=O) groups excluding carboxylic acids is 1. The van der Waals surface area contributed by atoms with Crippen molar-refractivity contribution < 1.29 is 14.3 Å². The minimum Gasteiger partial charge on any atom is -0.496 e. The molecule has 3 heteroatoms. The van der Waals surface area contributed by atoms with Crippen molar-refractivity contribution in [1.82, 2.24) is 0 Å². The van der Waals surface area contributed by atoms with E-state index in [4.69, 9.17) is 9.47 Å². The first kappa shape index (κ1) is 13.9. The Morgan fingerprint density at radius 2 is 1.50 bits per heavy atom. The van der Waals surface area contributed by atoms with Gasteiger partial charge in [-0.1, -0.05) is 42.5 Å². The molecule has 0 aliphatic carbocycles. The predicted octanol–water partition coefficient (Wildman–Crippen LogP) is 3.69. The minimum atomic E-state index is 0.501. The first-order valence-electron chi connectivity index (χ1n) is 6.23. The molecule has 0 aromatic heterocycles. The van der Waals surface area contributed by atoms with Gasteiger partial charge in [-0.25, -0.2) is 0 Å². The first-order chi connectivity index (χ1) is 9.78. The van der Waals surface area contributed by atoms with Gasteiger partial charge in [-0.3, -0.25) is 4.79 Å². The number of benzene rings is 2. The fourth-order valence-corrected chi connectivity index (χ4v) is 1.92. The van der Waals surface area contributed by atoms with Crippen LogP contribution in [-0.2, 0) is 0 Å². The van der Waals surface area contributed by atoms with E-state index in [2.05, 4.69) is 0 Å². The van der Waals surface area contributed by atoms with E-state index < -0.39 is 0 Å². The molecule has 0 aliphatic heterocycles. The summed E-state index contributed by atoms with van der Waals surface area (Å²) in [5, 5.41) is 0. The van der Waals surface area contributed by atoms with Crippen LogP contribution in [0.15, 0.2) is 42.5 Å². The molecule has 0 unspecified atom stereocenters. The lowest BCUT2D eigenvalue weighted by Crippen LogP contribution is -1.95. The number of ether oxygens (including phenoxy) is 2. The molecule has 0 saturated carbocycles. The number of aldehydes is 1. The molecule has 0 saturated heterocycles. The van der Waals surface area contributed by atoms with E-state index in [0.29, 0.717) is 17.1 Å². The summed E-state index contributed by atoms with van der Waals surface area (Å²) in [6.45, 7) is 0. The smallest absolute Gasteiger partial charge is 0.153 e. The Balaban J connectivity index is 2.40. The zero-order valence-electron chi connectivity index (χ0n) is 11.5. The maximum atomic E-state index is 11.1. The highest BCUT2D eigenvalue weighted by atomic mass is 16.5. The molecule has 2 rings (SSSR count). The van der Waals surface area contributed by atoms with Gasteiger partial charge in [-0.15, -0.1) is 0 Å². The minimum absolute atomic E-state index is 0.501. The molecule has 20 heavy (non-hydrogen) atoms. The van der Waals surface area contributed by atoms with Gasteiger partial charge in [0.15, 0.2) is 6.29 Å². The van der Waals surface area contributed by atoms with E-state index in [1.54, 1.807) is 19.2 Å². The highest BCUT2D eigenvalue weighted by molar-refractivity contribution is 5.84. The van der Waals surface area contributed by atoms with Crippen molar-refractivity contribution in [3.05, 3.63) is 59.2 Å². The molecule has 102 valence electrons. The highest BCUT2D eigenvalue weighted by Gasteiger charge is 2.08. The fourth-order valence-electron chi connectivity index (χ4n) is 1.92. The summed E-state index contributed by atoms with van der Waals surface area (Å²) < 4.78 is 10.5. The summed E-state index contributed by atoms with van der Waals surface area (Å²) >= 11 is 0. The van der Waals surface area contributed by atoms with Gasteiger partial charge in [0.25, 0.3) is 0 Å². The fraction of sp³-hybridized carbons (Fsp3) is 0.118. The highest BCUT2D eigenvalue weighted by Crippen LogP contribution is 2.29. The lowest BCUT2D eigenvalue weighted by Gasteiger charge is -2.10. The van der Waals surface area contributed by atoms with Crippen molar-refractivity contribution in [2.45, 2.75) is 0 Å². The quantitative estimate of drug-likeness (QED) is 0.613. The number of hydrogen-bond acceptors (Lipinski definition) is 3. The monoisotopic (exact) mass is 268 g/mol. The third-order valence-corrected chi connectivity index (χ3v) is 2.96. The lowest BCUT2D eigenvalue weighted by atomic mass is 10.1. The third-order valence-electron chi connectivity index (χ3n) is 2.96. The van der Waals surface area contributed by atoms with E-state index in [-0.39, 0.29) is 0 Å². The predicted molar refractivity (Wildman–Crippen MR) is 80.3 cm³/mol. The number of methoxy groups -OCH3 is 2. The van der Waals surface area contributed by atoms with Crippen molar-refractivity contribution >= 4 is 18.4 Å². The van der Waals surface area contributed by atoms with Crippen LogP contribution in [0.2, 0.25) is 0 Å². The van der Waals surface area contributed by atoms with Gasteiger partial charge >= 0.3 is 0 Å². The molecule has 0 N–H and O–H groups in total. The molecule has 0 aliphatic rings. The van der Waals surface area contributed by atoms with Crippen LogP contribution in [0.4, 0.5) is 0 Å².